The zero-order valence-corrected chi connectivity index (χ0v) is 14.5. The maximum absolute atomic E-state index is 12.9. The maximum atomic E-state index is 12.9. The monoisotopic (exact) mass is 345 g/mol. The minimum atomic E-state index is -0.467. The molecule has 1 unspecified atom stereocenters. The molecule has 1 aliphatic rings. The predicted molar refractivity (Wildman–Crippen MR) is 91.4 cm³/mol. The average Bonchev–Trinajstić information content (AvgIpc) is 3.10. The summed E-state index contributed by atoms with van der Waals surface area (Å²) in [4.78, 5) is 34.8. The number of carbonyl (C=O) groups is 2. The highest BCUT2D eigenvalue weighted by Crippen LogP contribution is 2.32. The standard InChI is InChI=1S/C17H19N3O3S/c1-3-23-16(22)13-10-24-17(19-13)20(2)15(21)12-8-4-6-11-7-5-9-18-14(11)12/h5,7,9-10,12H,3-4,6,8H2,1-2H3. The van der Waals surface area contributed by atoms with Crippen LogP contribution >= 0.6 is 11.3 Å². The first-order valence-electron chi connectivity index (χ1n) is 7.95. The van der Waals surface area contributed by atoms with Gasteiger partial charge in [0.25, 0.3) is 0 Å². The number of nitrogens with zero attached hydrogens (tertiary/aromatic N) is 3. The lowest BCUT2D eigenvalue weighted by atomic mass is 9.86. The quantitative estimate of drug-likeness (QED) is 0.797. The van der Waals surface area contributed by atoms with Gasteiger partial charge in [0.05, 0.1) is 18.2 Å². The topological polar surface area (TPSA) is 72.4 Å². The van der Waals surface area contributed by atoms with Crippen molar-refractivity contribution in [2.24, 2.45) is 0 Å². The van der Waals surface area contributed by atoms with Gasteiger partial charge in [0, 0.05) is 18.6 Å². The second-order valence-corrected chi connectivity index (χ2v) is 6.46. The van der Waals surface area contributed by atoms with Crippen LogP contribution < -0.4 is 4.90 Å². The Hall–Kier alpha value is -2.28. The molecule has 1 amide bonds. The highest BCUT2D eigenvalue weighted by atomic mass is 32.1. The molecule has 0 spiro atoms. The van der Waals surface area contributed by atoms with Gasteiger partial charge < -0.3 is 4.74 Å². The second-order valence-electron chi connectivity index (χ2n) is 5.63. The number of fused-ring (bicyclic) bond motifs is 1. The van der Waals surface area contributed by atoms with Crippen LogP contribution in [0, 0.1) is 0 Å². The van der Waals surface area contributed by atoms with Crippen LogP contribution in [0.4, 0.5) is 5.13 Å². The Morgan fingerprint density at radius 1 is 1.46 bits per heavy atom. The number of anilines is 1. The molecule has 6 nitrogen and oxygen atoms in total. The fourth-order valence-corrected chi connectivity index (χ4v) is 3.66. The third kappa shape index (κ3) is 3.17. The van der Waals surface area contributed by atoms with Gasteiger partial charge in [-0.3, -0.25) is 14.7 Å². The normalized spacial score (nSPS) is 16.3. The molecule has 2 aromatic heterocycles. The van der Waals surface area contributed by atoms with Gasteiger partial charge in [-0.05, 0) is 37.8 Å². The molecule has 0 fully saturated rings. The van der Waals surface area contributed by atoms with Crippen LogP contribution in [-0.4, -0.2) is 35.5 Å². The first kappa shape index (κ1) is 16.6. The third-order valence-electron chi connectivity index (χ3n) is 4.09. The van der Waals surface area contributed by atoms with Gasteiger partial charge >= 0.3 is 5.97 Å². The molecule has 0 bridgehead atoms. The number of esters is 1. The van der Waals surface area contributed by atoms with Crippen molar-refractivity contribution in [2.75, 3.05) is 18.6 Å². The molecule has 1 aliphatic carbocycles. The Labute approximate surface area is 144 Å². The fourth-order valence-electron chi connectivity index (χ4n) is 2.89. The van der Waals surface area contributed by atoms with E-state index in [1.165, 1.54) is 16.2 Å². The van der Waals surface area contributed by atoms with E-state index >= 15 is 0 Å². The molecule has 1 atom stereocenters. The van der Waals surface area contributed by atoms with E-state index in [0.717, 1.165) is 30.5 Å². The van der Waals surface area contributed by atoms with Gasteiger partial charge in [-0.2, -0.15) is 0 Å². The number of rotatable bonds is 4. The molecule has 24 heavy (non-hydrogen) atoms. The van der Waals surface area contributed by atoms with Crippen LogP contribution in [0.2, 0.25) is 0 Å². The average molecular weight is 345 g/mol. The van der Waals surface area contributed by atoms with Gasteiger partial charge in [-0.25, -0.2) is 9.78 Å². The molecule has 0 saturated carbocycles. The number of hydrogen-bond acceptors (Lipinski definition) is 6. The van der Waals surface area contributed by atoms with Crippen LogP contribution in [0.5, 0.6) is 0 Å². The van der Waals surface area contributed by atoms with Crippen molar-refractivity contribution in [2.45, 2.75) is 32.1 Å². The van der Waals surface area contributed by atoms with E-state index < -0.39 is 5.97 Å². The number of carbonyl (C=O) groups excluding carboxylic acids is 2. The summed E-state index contributed by atoms with van der Waals surface area (Å²) < 4.78 is 4.94. The van der Waals surface area contributed by atoms with Crippen LogP contribution in [-0.2, 0) is 16.0 Å². The Morgan fingerprint density at radius 3 is 3.08 bits per heavy atom. The van der Waals surface area contributed by atoms with E-state index in [9.17, 15) is 9.59 Å². The van der Waals surface area contributed by atoms with Crippen LogP contribution in [0.25, 0.3) is 0 Å². The molecule has 0 radical (unpaired) electrons. The zero-order valence-electron chi connectivity index (χ0n) is 13.7. The summed E-state index contributed by atoms with van der Waals surface area (Å²) in [5.74, 6) is -0.764. The van der Waals surface area contributed by atoms with E-state index in [-0.39, 0.29) is 17.5 Å². The molecule has 2 heterocycles. The highest BCUT2D eigenvalue weighted by Gasteiger charge is 2.31. The summed E-state index contributed by atoms with van der Waals surface area (Å²) in [6.07, 6.45) is 4.44. The van der Waals surface area contributed by atoms with E-state index in [2.05, 4.69) is 9.97 Å². The number of hydrogen-bond donors (Lipinski definition) is 0. The number of amides is 1. The minimum absolute atomic E-state index is 0.0422. The van der Waals surface area contributed by atoms with E-state index in [4.69, 9.17) is 4.74 Å². The zero-order chi connectivity index (χ0) is 17.1. The molecule has 0 saturated heterocycles. The number of ether oxygens (including phenoxy) is 1. The Bertz CT molecular complexity index is 759. The first-order chi connectivity index (χ1) is 11.6. The minimum Gasteiger partial charge on any atom is -0.461 e. The Balaban J connectivity index is 1.80. The molecular formula is C17H19N3O3S. The van der Waals surface area contributed by atoms with E-state index in [1.807, 2.05) is 12.1 Å². The summed E-state index contributed by atoms with van der Waals surface area (Å²) in [6, 6.07) is 3.94. The maximum Gasteiger partial charge on any atom is 0.357 e. The molecular weight excluding hydrogens is 326 g/mol. The van der Waals surface area contributed by atoms with E-state index in [1.54, 1.807) is 25.5 Å². The van der Waals surface area contributed by atoms with Crippen LogP contribution in [0.1, 0.15) is 47.4 Å². The third-order valence-corrected chi connectivity index (χ3v) is 5.00. The number of likely N-dealkylation sites (N-methyl/N-ethyl adjacent to an activating group) is 1. The van der Waals surface area contributed by atoms with E-state index in [0.29, 0.717) is 11.7 Å². The number of thiazole rings is 1. The van der Waals surface area contributed by atoms with Crippen molar-refractivity contribution in [3.63, 3.8) is 0 Å². The van der Waals surface area contributed by atoms with Crippen molar-refractivity contribution < 1.29 is 14.3 Å². The Morgan fingerprint density at radius 2 is 2.29 bits per heavy atom. The summed E-state index contributed by atoms with van der Waals surface area (Å²) in [5, 5.41) is 2.11. The van der Waals surface area contributed by atoms with Gasteiger partial charge in [0.15, 0.2) is 10.8 Å². The lowest BCUT2D eigenvalue weighted by Gasteiger charge is -2.26. The van der Waals surface area contributed by atoms with Crippen molar-refractivity contribution in [3.8, 4) is 0 Å². The van der Waals surface area contributed by atoms with Gasteiger partial charge in [0.1, 0.15) is 0 Å². The molecule has 0 aromatic carbocycles. The van der Waals surface area contributed by atoms with Gasteiger partial charge in [-0.1, -0.05) is 6.07 Å². The number of aryl methyl sites for hydroxylation is 1. The Kier molecular flexibility index (Phi) is 4.89. The molecule has 7 heteroatoms. The molecule has 3 rings (SSSR count). The number of aromatic nitrogens is 2. The van der Waals surface area contributed by atoms with Crippen molar-refractivity contribution in [3.05, 3.63) is 40.7 Å². The smallest absolute Gasteiger partial charge is 0.357 e. The first-order valence-corrected chi connectivity index (χ1v) is 8.83. The van der Waals surface area contributed by atoms with Crippen LogP contribution in [0.15, 0.2) is 23.7 Å². The van der Waals surface area contributed by atoms with Crippen molar-refractivity contribution >= 4 is 28.3 Å². The number of pyridine rings is 1. The molecule has 2 aromatic rings. The highest BCUT2D eigenvalue weighted by molar-refractivity contribution is 7.14. The summed E-state index contributed by atoms with van der Waals surface area (Å²) in [7, 11) is 1.69. The van der Waals surface area contributed by atoms with Gasteiger partial charge in [-0.15, -0.1) is 11.3 Å². The lowest BCUT2D eigenvalue weighted by molar-refractivity contribution is -0.120. The van der Waals surface area contributed by atoms with Gasteiger partial charge in [0.2, 0.25) is 5.91 Å². The predicted octanol–water partition coefficient (Wildman–Crippen LogP) is 2.80. The second kappa shape index (κ2) is 7.09. The van der Waals surface area contributed by atoms with Crippen LogP contribution in [0.3, 0.4) is 0 Å². The summed E-state index contributed by atoms with van der Waals surface area (Å²) in [6.45, 7) is 2.04. The molecule has 0 N–H and O–H groups in total. The van der Waals surface area contributed by atoms with Crippen molar-refractivity contribution in [1.82, 2.24) is 9.97 Å². The SMILES string of the molecule is CCOC(=O)c1csc(N(C)C(=O)C2CCCc3cccnc32)n1. The van der Waals surface area contributed by atoms with Crippen molar-refractivity contribution in [1.29, 1.82) is 0 Å². The summed E-state index contributed by atoms with van der Waals surface area (Å²) in [5.41, 5.74) is 2.24. The molecule has 0 aliphatic heterocycles. The largest absolute Gasteiger partial charge is 0.461 e. The lowest BCUT2D eigenvalue weighted by Crippen LogP contribution is -2.34. The molecule has 126 valence electrons. The fraction of sp³-hybridized carbons (Fsp3) is 0.412. The summed E-state index contributed by atoms with van der Waals surface area (Å²) >= 11 is 1.26.